The third kappa shape index (κ3) is 7.63. The van der Waals surface area contributed by atoms with Gasteiger partial charge in [0.1, 0.15) is 17.9 Å². The Labute approximate surface area is 229 Å². The number of hydrogen-bond acceptors (Lipinski definition) is 6. The third-order valence-corrected chi connectivity index (χ3v) is 6.33. The number of nitrogens with zero attached hydrogens (tertiary/aromatic N) is 1. The number of carbonyl (C=O) groups excluding carboxylic acids is 2. The van der Waals surface area contributed by atoms with E-state index in [1.54, 1.807) is 13.4 Å². The molecular weight excluding hydrogens is 494 g/mol. The highest BCUT2D eigenvalue weighted by Gasteiger charge is 2.43. The first-order chi connectivity index (χ1) is 18.9. The molecule has 1 heterocycles. The summed E-state index contributed by atoms with van der Waals surface area (Å²) >= 11 is 0. The molecule has 0 saturated carbocycles. The van der Waals surface area contributed by atoms with Crippen LogP contribution in [0.5, 0.6) is 5.75 Å². The van der Waals surface area contributed by atoms with E-state index >= 15 is 0 Å². The van der Waals surface area contributed by atoms with E-state index < -0.39 is 30.3 Å². The molecule has 39 heavy (non-hydrogen) atoms. The molecule has 2 atom stereocenters. The molecule has 3 aromatic carbocycles. The van der Waals surface area contributed by atoms with Crippen LogP contribution in [0.4, 0.5) is 4.79 Å². The molecule has 0 bridgehead atoms. The smallest absolute Gasteiger partial charge is 0.410 e. The minimum Gasteiger partial charge on any atom is -0.504 e. The van der Waals surface area contributed by atoms with Crippen molar-refractivity contribution in [2.45, 2.75) is 38.5 Å². The topological polar surface area (TPSA) is 74.3 Å². The summed E-state index contributed by atoms with van der Waals surface area (Å²) in [4.78, 5) is 28.1. The summed E-state index contributed by atoms with van der Waals surface area (Å²) in [7, 11) is 1.59. The lowest BCUT2D eigenvalue weighted by Crippen LogP contribution is -2.42. The second-order valence-electron chi connectivity index (χ2n) is 9.86. The first-order valence-corrected chi connectivity index (χ1v) is 13.1. The molecule has 1 saturated heterocycles. The maximum absolute atomic E-state index is 13.7. The van der Waals surface area contributed by atoms with Gasteiger partial charge in [-0.1, -0.05) is 86.6 Å². The second kappa shape index (κ2) is 13.5. The molecule has 1 amide bonds. The Morgan fingerprint density at radius 1 is 0.923 bits per heavy atom. The number of rotatable bonds is 10. The van der Waals surface area contributed by atoms with Crippen LogP contribution >= 0.6 is 0 Å². The predicted molar refractivity (Wildman–Crippen MR) is 149 cm³/mol. The van der Waals surface area contributed by atoms with Crippen molar-refractivity contribution >= 4 is 18.1 Å². The van der Waals surface area contributed by atoms with Crippen molar-refractivity contribution in [3.8, 4) is 5.75 Å². The van der Waals surface area contributed by atoms with Crippen LogP contribution < -0.4 is 4.74 Å². The Morgan fingerprint density at radius 3 is 2.10 bits per heavy atom. The molecule has 204 valence electrons. The molecule has 1 aliphatic rings. The number of benzene rings is 3. The summed E-state index contributed by atoms with van der Waals surface area (Å²) in [5.74, 6) is 0.311. The molecule has 0 aromatic heterocycles. The van der Waals surface area contributed by atoms with Crippen LogP contribution in [-0.4, -0.2) is 49.4 Å². The van der Waals surface area contributed by atoms with Crippen LogP contribution in [0.1, 0.15) is 43.1 Å². The average Bonchev–Trinajstić information content (AvgIpc) is 3.39. The summed E-state index contributed by atoms with van der Waals surface area (Å²) in [6.45, 7) is 4.40. The van der Waals surface area contributed by atoms with Gasteiger partial charge in [-0.05, 0) is 40.8 Å². The van der Waals surface area contributed by atoms with Crippen molar-refractivity contribution in [2.75, 3.05) is 20.3 Å². The highest BCUT2D eigenvalue weighted by atomic mass is 16.6. The maximum Gasteiger partial charge on any atom is 0.410 e. The normalized spacial score (nSPS) is 17.0. The van der Waals surface area contributed by atoms with Crippen molar-refractivity contribution < 1.29 is 28.5 Å². The Bertz CT molecular complexity index is 1190. The molecule has 0 aliphatic carbocycles. The first-order valence-electron chi connectivity index (χ1n) is 13.1. The first kappa shape index (κ1) is 27.8. The van der Waals surface area contributed by atoms with Gasteiger partial charge in [0.05, 0.1) is 26.5 Å². The molecule has 0 radical (unpaired) electrons. The van der Waals surface area contributed by atoms with Crippen molar-refractivity contribution in [1.82, 2.24) is 4.90 Å². The van der Waals surface area contributed by atoms with Gasteiger partial charge in [0, 0.05) is 6.42 Å². The van der Waals surface area contributed by atoms with Crippen LogP contribution in [-0.2, 0) is 19.0 Å². The molecule has 3 aromatic rings. The molecule has 7 nitrogen and oxygen atoms in total. The van der Waals surface area contributed by atoms with Gasteiger partial charge < -0.3 is 18.9 Å². The van der Waals surface area contributed by atoms with Crippen LogP contribution in [0.3, 0.4) is 0 Å². The molecule has 1 fully saturated rings. The van der Waals surface area contributed by atoms with E-state index in [1.165, 1.54) is 4.90 Å². The van der Waals surface area contributed by atoms with Crippen LogP contribution in [0.25, 0.3) is 6.08 Å². The van der Waals surface area contributed by atoms with Crippen LogP contribution in [0, 0.1) is 5.92 Å². The molecule has 4 rings (SSSR count). The van der Waals surface area contributed by atoms with E-state index in [1.807, 2.05) is 105 Å². The predicted octanol–water partition coefficient (Wildman–Crippen LogP) is 6.25. The average molecular weight is 530 g/mol. The number of ether oxygens (including phenoxy) is 4. The highest BCUT2D eigenvalue weighted by molar-refractivity contribution is 5.82. The minimum atomic E-state index is -0.839. The summed E-state index contributed by atoms with van der Waals surface area (Å²) in [6.07, 6.45) is 2.17. The Kier molecular flexibility index (Phi) is 9.62. The van der Waals surface area contributed by atoms with Gasteiger partial charge in [0.15, 0.2) is 6.10 Å². The summed E-state index contributed by atoms with van der Waals surface area (Å²) in [5, 5.41) is 0. The number of amides is 1. The minimum absolute atomic E-state index is 0.167. The molecule has 0 spiro atoms. The number of carbonyl (C=O) groups is 2. The van der Waals surface area contributed by atoms with E-state index in [9.17, 15) is 9.59 Å². The zero-order valence-corrected chi connectivity index (χ0v) is 22.6. The quantitative estimate of drug-likeness (QED) is 0.228. The van der Waals surface area contributed by atoms with Gasteiger partial charge in [-0.15, -0.1) is 0 Å². The zero-order valence-electron chi connectivity index (χ0n) is 22.6. The van der Waals surface area contributed by atoms with E-state index in [0.29, 0.717) is 5.75 Å². The lowest BCUT2D eigenvalue weighted by Gasteiger charge is -2.25. The number of likely N-dealkylation sites (tertiary alicyclic amines) is 1. The monoisotopic (exact) mass is 529 g/mol. The van der Waals surface area contributed by atoms with Crippen molar-refractivity contribution in [3.05, 3.63) is 108 Å². The Morgan fingerprint density at radius 2 is 1.54 bits per heavy atom. The van der Waals surface area contributed by atoms with Crippen molar-refractivity contribution in [3.63, 3.8) is 0 Å². The number of methoxy groups -OCH3 is 1. The SMILES string of the molecule is COC=Cc1ccc(O[C@H]2C[C@@H](C(=O)OC(c3ccccc3)c3ccccc3)N(C(=O)OCC(C)C)C2)cc1. The largest absolute Gasteiger partial charge is 0.504 e. The van der Waals surface area contributed by atoms with Gasteiger partial charge in [-0.25, -0.2) is 9.59 Å². The summed E-state index contributed by atoms with van der Waals surface area (Å²) < 4.78 is 22.7. The number of hydrogen-bond donors (Lipinski definition) is 0. The molecule has 7 heteroatoms. The second-order valence-corrected chi connectivity index (χ2v) is 9.86. The van der Waals surface area contributed by atoms with Gasteiger partial charge >= 0.3 is 12.1 Å². The lowest BCUT2D eigenvalue weighted by atomic mass is 10.0. The van der Waals surface area contributed by atoms with Crippen molar-refractivity contribution in [2.24, 2.45) is 5.92 Å². The van der Waals surface area contributed by atoms with Gasteiger partial charge in [-0.2, -0.15) is 0 Å². The molecular formula is C32H35NO6. The molecule has 0 N–H and O–H groups in total. The third-order valence-electron chi connectivity index (χ3n) is 6.33. The standard InChI is InChI=1S/C32H35NO6/c1-23(2)22-37-32(35)33-21-28(38-27-16-14-24(15-17-27)18-19-36-3)20-29(33)31(34)39-30(25-10-6-4-7-11-25)26-12-8-5-9-13-26/h4-19,23,28-30H,20-22H2,1-3H3/t28-,29-/m0/s1. The Hall–Kier alpha value is -4.26. The van der Waals surface area contributed by atoms with Gasteiger partial charge in [0.2, 0.25) is 0 Å². The van der Waals surface area contributed by atoms with Crippen LogP contribution in [0.2, 0.25) is 0 Å². The maximum atomic E-state index is 13.7. The van der Waals surface area contributed by atoms with E-state index in [0.717, 1.165) is 16.7 Å². The molecule has 1 aliphatic heterocycles. The van der Waals surface area contributed by atoms with Gasteiger partial charge in [0.25, 0.3) is 0 Å². The van der Waals surface area contributed by atoms with Gasteiger partial charge in [-0.3, -0.25) is 4.90 Å². The zero-order chi connectivity index (χ0) is 27.6. The van der Waals surface area contributed by atoms with E-state index in [2.05, 4.69) is 0 Å². The number of esters is 1. The Balaban J connectivity index is 1.53. The fourth-order valence-corrected chi connectivity index (χ4v) is 4.40. The highest BCUT2D eigenvalue weighted by Crippen LogP contribution is 2.30. The van der Waals surface area contributed by atoms with E-state index in [4.69, 9.17) is 18.9 Å². The van der Waals surface area contributed by atoms with E-state index in [-0.39, 0.29) is 25.5 Å². The van der Waals surface area contributed by atoms with Crippen molar-refractivity contribution in [1.29, 1.82) is 0 Å². The fourth-order valence-electron chi connectivity index (χ4n) is 4.40. The van der Waals surface area contributed by atoms with Crippen LogP contribution in [0.15, 0.2) is 91.2 Å². The molecule has 0 unspecified atom stereocenters. The summed E-state index contributed by atoms with van der Waals surface area (Å²) in [6, 6.07) is 25.8. The lowest BCUT2D eigenvalue weighted by molar-refractivity contribution is -0.152. The summed E-state index contributed by atoms with van der Waals surface area (Å²) in [5.41, 5.74) is 2.66. The fraction of sp³-hybridized carbons (Fsp3) is 0.312.